The third-order valence-electron chi connectivity index (χ3n) is 1.99. The van der Waals surface area contributed by atoms with Gasteiger partial charge in [-0.15, -0.1) is 0 Å². The highest BCUT2D eigenvalue weighted by Crippen LogP contribution is 2.14. The number of hydrogen-bond acceptors (Lipinski definition) is 6. The predicted octanol–water partition coefficient (Wildman–Crippen LogP) is 0.569. The molecule has 6 nitrogen and oxygen atoms in total. The lowest BCUT2D eigenvalue weighted by atomic mass is 10.3. The molecule has 0 bridgehead atoms. The second-order valence-corrected chi connectivity index (χ2v) is 3.78. The highest BCUT2D eigenvalue weighted by Gasteiger charge is 2.06. The van der Waals surface area contributed by atoms with Crippen LogP contribution in [0.2, 0.25) is 0 Å². The summed E-state index contributed by atoms with van der Waals surface area (Å²) in [6, 6.07) is 1.94. The maximum atomic E-state index is 5.37. The van der Waals surface area contributed by atoms with E-state index in [2.05, 4.69) is 15.3 Å². The molecule has 0 saturated carbocycles. The normalized spacial score (nSPS) is 12.2. The first-order chi connectivity index (χ1) is 8.15. The van der Waals surface area contributed by atoms with Crippen LogP contribution in [0.15, 0.2) is 6.07 Å². The van der Waals surface area contributed by atoms with Crippen LogP contribution in [0, 0.1) is 6.92 Å². The summed E-state index contributed by atoms with van der Waals surface area (Å²) in [5.74, 6) is 1.93. The smallest absolute Gasteiger partial charge is 0.218 e. The third-order valence-corrected chi connectivity index (χ3v) is 1.99. The lowest BCUT2D eigenvalue weighted by molar-refractivity contribution is 0.190. The molecule has 3 N–H and O–H groups in total. The molecule has 0 aliphatic carbocycles. The van der Waals surface area contributed by atoms with Crippen molar-refractivity contribution in [1.82, 2.24) is 9.97 Å². The average Bonchev–Trinajstić information content (AvgIpc) is 2.25. The molecule has 0 saturated heterocycles. The fraction of sp³-hybridized carbons (Fsp3) is 0.636. The molecular weight excluding hydrogens is 220 g/mol. The molecule has 0 fully saturated rings. The number of aryl methyl sites for hydroxylation is 1. The van der Waals surface area contributed by atoms with Crippen LogP contribution in [0.4, 0.5) is 5.82 Å². The Kier molecular flexibility index (Phi) is 5.65. The number of ether oxygens (including phenoxy) is 2. The largest absolute Gasteiger partial charge is 0.476 e. The zero-order valence-corrected chi connectivity index (χ0v) is 10.6. The summed E-state index contributed by atoms with van der Waals surface area (Å²) in [7, 11) is 1.67. The van der Waals surface area contributed by atoms with Gasteiger partial charge in [-0.2, -0.15) is 4.98 Å². The number of anilines is 1. The predicted molar refractivity (Wildman–Crippen MR) is 66.3 cm³/mol. The monoisotopic (exact) mass is 240 g/mol. The van der Waals surface area contributed by atoms with Crippen molar-refractivity contribution in [1.29, 1.82) is 0 Å². The van der Waals surface area contributed by atoms with Crippen LogP contribution in [0.5, 0.6) is 5.88 Å². The van der Waals surface area contributed by atoms with E-state index in [0.717, 1.165) is 5.82 Å². The third kappa shape index (κ3) is 4.97. The van der Waals surface area contributed by atoms with Gasteiger partial charge in [0.2, 0.25) is 5.88 Å². The highest BCUT2D eigenvalue weighted by molar-refractivity contribution is 5.39. The van der Waals surface area contributed by atoms with Crippen molar-refractivity contribution in [3.8, 4) is 5.88 Å². The molecule has 0 unspecified atom stereocenters. The number of methoxy groups -OCH3 is 1. The van der Waals surface area contributed by atoms with E-state index in [9.17, 15) is 0 Å². The van der Waals surface area contributed by atoms with Crippen LogP contribution in [-0.2, 0) is 4.74 Å². The second kappa shape index (κ2) is 7.03. The molecule has 0 aliphatic rings. The maximum Gasteiger partial charge on any atom is 0.218 e. The van der Waals surface area contributed by atoms with E-state index >= 15 is 0 Å². The molecular formula is C11H20N4O2. The summed E-state index contributed by atoms with van der Waals surface area (Å²) >= 11 is 0. The molecule has 17 heavy (non-hydrogen) atoms. The van der Waals surface area contributed by atoms with Crippen LogP contribution in [-0.4, -0.2) is 42.9 Å². The van der Waals surface area contributed by atoms with Crippen molar-refractivity contribution in [3.05, 3.63) is 11.9 Å². The van der Waals surface area contributed by atoms with E-state index in [0.29, 0.717) is 31.5 Å². The molecule has 0 radical (unpaired) electrons. The van der Waals surface area contributed by atoms with Crippen molar-refractivity contribution in [2.45, 2.75) is 19.9 Å². The molecule has 1 heterocycles. The Morgan fingerprint density at radius 3 is 2.88 bits per heavy atom. The summed E-state index contributed by atoms with van der Waals surface area (Å²) in [6.45, 7) is 5.36. The highest BCUT2D eigenvalue weighted by atomic mass is 16.5. The van der Waals surface area contributed by atoms with E-state index in [-0.39, 0.29) is 6.04 Å². The number of hydrogen-bond donors (Lipinski definition) is 2. The Morgan fingerprint density at radius 2 is 2.24 bits per heavy atom. The Morgan fingerprint density at radius 1 is 1.47 bits per heavy atom. The quantitative estimate of drug-likeness (QED) is 0.725. The number of nitrogens with one attached hydrogen (secondary N) is 1. The van der Waals surface area contributed by atoms with E-state index < -0.39 is 0 Å². The van der Waals surface area contributed by atoms with Gasteiger partial charge in [0.25, 0.3) is 0 Å². The van der Waals surface area contributed by atoms with Crippen molar-refractivity contribution in [2.24, 2.45) is 5.73 Å². The minimum Gasteiger partial charge on any atom is -0.476 e. The molecule has 0 amide bonds. The molecule has 0 aliphatic heterocycles. The summed E-state index contributed by atoms with van der Waals surface area (Å²) in [6.07, 6.45) is 0. The number of rotatable bonds is 7. The molecule has 1 aromatic rings. The SMILES string of the molecule is COC[C@H](C)Nc1cc(OCCN)nc(C)n1. The Hall–Kier alpha value is -1.40. The van der Waals surface area contributed by atoms with Crippen LogP contribution in [0.1, 0.15) is 12.7 Å². The minimum atomic E-state index is 0.177. The second-order valence-electron chi connectivity index (χ2n) is 3.78. The Bertz CT molecular complexity index is 346. The summed E-state index contributed by atoms with van der Waals surface area (Å²) in [5.41, 5.74) is 5.37. The molecule has 1 rings (SSSR count). The lowest BCUT2D eigenvalue weighted by Gasteiger charge is -2.14. The zero-order chi connectivity index (χ0) is 12.7. The van der Waals surface area contributed by atoms with Gasteiger partial charge in [0, 0.05) is 25.8 Å². The van der Waals surface area contributed by atoms with Gasteiger partial charge in [-0.25, -0.2) is 4.98 Å². The average molecular weight is 240 g/mol. The molecule has 6 heteroatoms. The van der Waals surface area contributed by atoms with Crippen molar-refractivity contribution < 1.29 is 9.47 Å². The Balaban J connectivity index is 2.67. The van der Waals surface area contributed by atoms with Crippen LogP contribution >= 0.6 is 0 Å². The van der Waals surface area contributed by atoms with Gasteiger partial charge in [-0.1, -0.05) is 0 Å². The maximum absolute atomic E-state index is 5.37. The molecule has 0 aromatic carbocycles. The van der Waals surface area contributed by atoms with Crippen molar-refractivity contribution >= 4 is 5.82 Å². The molecule has 96 valence electrons. The number of aromatic nitrogens is 2. The first kappa shape index (κ1) is 13.7. The molecule has 0 spiro atoms. The van der Waals surface area contributed by atoms with Gasteiger partial charge in [0.05, 0.1) is 6.61 Å². The van der Waals surface area contributed by atoms with Crippen molar-refractivity contribution in [2.75, 3.05) is 32.2 Å². The Labute approximate surface area is 102 Å². The lowest BCUT2D eigenvalue weighted by Crippen LogP contribution is -2.22. The van der Waals surface area contributed by atoms with E-state index in [1.165, 1.54) is 0 Å². The van der Waals surface area contributed by atoms with Gasteiger partial charge in [-0.05, 0) is 13.8 Å². The number of nitrogens with two attached hydrogens (primary N) is 1. The van der Waals surface area contributed by atoms with Crippen LogP contribution in [0.3, 0.4) is 0 Å². The first-order valence-electron chi connectivity index (χ1n) is 5.59. The molecule has 1 aromatic heterocycles. The van der Waals surface area contributed by atoms with Gasteiger partial charge < -0.3 is 20.5 Å². The van der Waals surface area contributed by atoms with E-state index in [4.69, 9.17) is 15.2 Å². The number of nitrogens with zero attached hydrogens (tertiary/aromatic N) is 2. The van der Waals surface area contributed by atoms with E-state index in [1.54, 1.807) is 13.2 Å². The molecule has 1 atom stereocenters. The van der Waals surface area contributed by atoms with Crippen LogP contribution < -0.4 is 15.8 Å². The van der Waals surface area contributed by atoms with Gasteiger partial charge >= 0.3 is 0 Å². The minimum absolute atomic E-state index is 0.177. The van der Waals surface area contributed by atoms with Gasteiger partial charge in [-0.3, -0.25) is 0 Å². The first-order valence-corrected chi connectivity index (χ1v) is 5.59. The zero-order valence-electron chi connectivity index (χ0n) is 10.6. The van der Waals surface area contributed by atoms with Crippen LogP contribution in [0.25, 0.3) is 0 Å². The van der Waals surface area contributed by atoms with Gasteiger partial charge in [0.15, 0.2) is 0 Å². The summed E-state index contributed by atoms with van der Waals surface area (Å²) in [4.78, 5) is 8.44. The summed E-state index contributed by atoms with van der Waals surface area (Å²) < 4.78 is 10.4. The fourth-order valence-electron chi connectivity index (χ4n) is 1.40. The van der Waals surface area contributed by atoms with E-state index in [1.807, 2.05) is 13.8 Å². The summed E-state index contributed by atoms with van der Waals surface area (Å²) in [5, 5.41) is 3.21. The topological polar surface area (TPSA) is 82.3 Å². The standard InChI is InChI=1S/C11H20N4O2/c1-8(7-16-3)13-10-6-11(17-5-4-12)15-9(2)14-10/h6,8H,4-5,7,12H2,1-3H3,(H,13,14,15)/t8-/m0/s1. The van der Waals surface area contributed by atoms with Gasteiger partial charge in [0.1, 0.15) is 18.2 Å². The fourth-order valence-corrected chi connectivity index (χ4v) is 1.40. The van der Waals surface area contributed by atoms with Crippen molar-refractivity contribution in [3.63, 3.8) is 0 Å².